The van der Waals surface area contributed by atoms with Crippen LogP contribution in [0.3, 0.4) is 0 Å². The number of rotatable bonds is 4. The molecule has 0 spiro atoms. The molecule has 0 amide bonds. The standard InChI is InChI=1S/C20H22N2O2/c1-14(17(23)15-10-6-4-7-11-15)18-20(2,3)22(24)19(21-18)16-12-8-5-9-13-16/h4-14,19,24H,1-3H3. The highest BCUT2D eigenvalue weighted by Crippen LogP contribution is 2.38. The molecule has 2 aromatic carbocycles. The van der Waals surface area contributed by atoms with E-state index in [1.165, 1.54) is 5.06 Å². The lowest BCUT2D eigenvalue weighted by Crippen LogP contribution is -2.47. The number of carbonyl (C=O) groups is 1. The summed E-state index contributed by atoms with van der Waals surface area (Å²) in [5, 5.41) is 11.9. The summed E-state index contributed by atoms with van der Waals surface area (Å²) in [6.45, 7) is 5.64. The lowest BCUT2D eigenvalue weighted by molar-refractivity contribution is -0.160. The average Bonchev–Trinajstić information content (AvgIpc) is 2.85. The van der Waals surface area contributed by atoms with E-state index in [4.69, 9.17) is 4.99 Å². The smallest absolute Gasteiger partial charge is 0.171 e. The van der Waals surface area contributed by atoms with Crippen LogP contribution in [0.2, 0.25) is 0 Å². The van der Waals surface area contributed by atoms with Crippen LogP contribution in [0.4, 0.5) is 0 Å². The lowest BCUT2D eigenvalue weighted by atomic mass is 9.85. The van der Waals surface area contributed by atoms with Crippen molar-refractivity contribution in [3.05, 3.63) is 71.8 Å². The first-order valence-corrected chi connectivity index (χ1v) is 8.13. The summed E-state index contributed by atoms with van der Waals surface area (Å²) in [7, 11) is 0. The van der Waals surface area contributed by atoms with Gasteiger partial charge in [0.1, 0.15) is 0 Å². The normalized spacial score (nSPS) is 21.3. The molecular formula is C20H22N2O2. The molecule has 0 aromatic heterocycles. The van der Waals surface area contributed by atoms with Gasteiger partial charge < -0.3 is 5.21 Å². The SMILES string of the molecule is CC(C(=O)c1ccccc1)C1=NC(c2ccccc2)N(O)C1(C)C. The second kappa shape index (κ2) is 6.30. The number of ketones is 1. The van der Waals surface area contributed by atoms with Crippen molar-refractivity contribution < 1.29 is 10.0 Å². The van der Waals surface area contributed by atoms with E-state index in [0.717, 1.165) is 5.56 Å². The van der Waals surface area contributed by atoms with E-state index in [2.05, 4.69) is 0 Å². The van der Waals surface area contributed by atoms with E-state index in [-0.39, 0.29) is 5.78 Å². The van der Waals surface area contributed by atoms with Crippen LogP contribution >= 0.6 is 0 Å². The Hall–Kier alpha value is -2.30. The number of hydrogen-bond donors (Lipinski definition) is 1. The van der Waals surface area contributed by atoms with Gasteiger partial charge in [0.2, 0.25) is 0 Å². The summed E-state index contributed by atoms with van der Waals surface area (Å²) in [6.07, 6.45) is -0.484. The van der Waals surface area contributed by atoms with Crippen LogP contribution in [0, 0.1) is 5.92 Å². The Morgan fingerprint density at radius 1 is 1.08 bits per heavy atom. The zero-order valence-electron chi connectivity index (χ0n) is 14.2. The van der Waals surface area contributed by atoms with Gasteiger partial charge >= 0.3 is 0 Å². The fourth-order valence-corrected chi connectivity index (χ4v) is 3.23. The monoisotopic (exact) mass is 322 g/mol. The Bertz CT molecular complexity index is 754. The third-order valence-corrected chi connectivity index (χ3v) is 4.65. The van der Waals surface area contributed by atoms with Gasteiger partial charge in [0.05, 0.1) is 11.5 Å². The summed E-state index contributed by atoms with van der Waals surface area (Å²) in [6, 6.07) is 18.8. The predicted molar refractivity (Wildman–Crippen MR) is 94.3 cm³/mol. The lowest BCUT2D eigenvalue weighted by Gasteiger charge is -2.31. The van der Waals surface area contributed by atoms with E-state index in [0.29, 0.717) is 11.3 Å². The summed E-state index contributed by atoms with van der Waals surface area (Å²) >= 11 is 0. The van der Waals surface area contributed by atoms with Crippen molar-refractivity contribution >= 4 is 11.5 Å². The van der Waals surface area contributed by atoms with E-state index >= 15 is 0 Å². The maximum absolute atomic E-state index is 12.8. The topological polar surface area (TPSA) is 52.9 Å². The molecule has 0 saturated carbocycles. The molecule has 2 aromatic rings. The van der Waals surface area contributed by atoms with Crippen LogP contribution in [0.5, 0.6) is 0 Å². The van der Waals surface area contributed by atoms with Crippen molar-refractivity contribution in [3.8, 4) is 0 Å². The Morgan fingerprint density at radius 3 is 2.21 bits per heavy atom. The van der Waals surface area contributed by atoms with E-state index in [1.54, 1.807) is 0 Å². The molecule has 4 nitrogen and oxygen atoms in total. The fraction of sp³-hybridized carbons (Fsp3) is 0.300. The third-order valence-electron chi connectivity index (χ3n) is 4.65. The Labute approximate surface area is 142 Å². The van der Waals surface area contributed by atoms with Crippen LogP contribution in [0.25, 0.3) is 0 Å². The van der Waals surface area contributed by atoms with Crippen molar-refractivity contribution in [2.45, 2.75) is 32.5 Å². The molecule has 2 unspecified atom stereocenters. The molecule has 2 atom stereocenters. The summed E-state index contributed by atoms with van der Waals surface area (Å²) in [5.41, 5.74) is 1.57. The summed E-state index contributed by atoms with van der Waals surface area (Å²) in [5.74, 6) is -0.379. The zero-order chi connectivity index (χ0) is 17.3. The number of Topliss-reactive ketones (excluding diaryl/α,β-unsaturated/α-hetero) is 1. The van der Waals surface area contributed by atoms with Crippen LogP contribution in [-0.4, -0.2) is 27.3 Å². The van der Waals surface area contributed by atoms with Crippen LogP contribution in [0.1, 0.15) is 42.9 Å². The van der Waals surface area contributed by atoms with Gasteiger partial charge in [-0.1, -0.05) is 60.7 Å². The van der Waals surface area contributed by atoms with Crippen molar-refractivity contribution in [1.29, 1.82) is 0 Å². The first kappa shape index (κ1) is 16.6. The number of carbonyl (C=O) groups excluding carboxylic acids is 1. The Morgan fingerprint density at radius 2 is 1.62 bits per heavy atom. The van der Waals surface area contributed by atoms with Gasteiger partial charge in [-0.25, -0.2) is 0 Å². The van der Waals surface area contributed by atoms with E-state index in [1.807, 2.05) is 81.4 Å². The second-order valence-corrected chi connectivity index (χ2v) is 6.65. The van der Waals surface area contributed by atoms with Gasteiger partial charge in [-0.2, -0.15) is 5.06 Å². The van der Waals surface area contributed by atoms with Gasteiger partial charge in [0.25, 0.3) is 0 Å². The van der Waals surface area contributed by atoms with E-state index in [9.17, 15) is 10.0 Å². The van der Waals surface area contributed by atoms with Crippen molar-refractivity contribution in [2.75, 3.05) is 0 Å². The highest BCUT2D eigenvalue weighted by molar-refractivity contribution is 6.15. The molecule has 1 heterocycles. The number of benzene rings is 2. The molecule has 24 heavy (non-hydrogen) atoms. The van der Waals surface area contributed by atoms with Gasteiger partial charge in [0, 0.05) is 11.3 Å². The predicted octanol–water partition coefficient (Wildman–Crippen LogP) is 4.13. The first-order chi connectivity index (χ1) is 11.4. The number of hydrogen-bond acceptors (Lipinski definition) is 4. The molecule has 0 radical (unpaired) electrons. The Kier molecular flexibility index (Phi) is 4.35. The molecule has 3 rings (SSSR count). The summed E-state index contributed by atoms with van der Waals surface area (Å²) in [4.78, 5) is 17.5. The first-order valence-electron chi connectivity index (χ1n) is 8.13. The molecule has 0 bridgehead atoms. The minimum atomic E-state index is -0.704. The van der Waals surface area contributed by atoms with E-state index < -0.39 is 17.6 Å². The number of aliphatic imine (C=N–C) groups is 1. The fourth-order valence-electron chi connectivity index (χ4n) is 3.23. The number of hydroxylamine groups is 2. The second-order valence-electron chi connectivity index (χ2n) is 6.65. The highest BCUT2D eigenvalue weighted by atomic mass is 16.5. The minimum Gasteiger partial charge on any atom is -0.311 e. The maximum Gasteiger partial charge on any atom is 0.171 e. The average molecular weight is 322 g/mol. The largest absolute Gasteiger partial charge is 0.311 e. The molecule has 0 saturated heterocycles. The maximum atomic E-state index is 12.8. The van der Waals surface area contributed by atoms with Gasteiger partial charge in [-0.15, -0.1) is 0 Å². The molecular weight excluding hydrogens is 300 g/mol. The molecule has 1 aliphatic heterocycles. The Balaban J connectivity index is 1.95. The summed E-state index contributed by atoms with van der Waals surface area (Å²) < 4.78 is 0. The zero-order valence-corrected chi connectivity index (χ0v) is 14.2. The van der Waals surface area contributed by atoms with Crippen LogP contribution in [-0.2, 0) is 0 Å². The van der Waals surface area contributed by atoms with Gasteiger partial charge in [-0.05, 0) is 26.3 Å². The van der Waals surface area contributed by atoms with Crippen molar-refractivity contribution in [2.24, 2.45) is 10.9 Å². The molecule has 0 aliphatic carbocycles. The van der Waals surface area contributed by atoms with Gasteiger partial charge in [0.15, 0.2) is 11.9 Å². The molecule has 1 N–H and O–H groups in total. The van der Waals surface area contributed by atoms with Gasteiger partial charge in [-0.3, -0.25) is 9.79 Å². The van der Waals surface area contributed by atoms with Crippen molar-refractivity contribution in [3.63, 3.8) is 0 Å². The van der Waals surface area contributed by atoms with Crippen molar-refractivity contribution in [1.82, 2.24) is 5.06 Å². The third kappa shape index (κ3) is 2.79. The molecule has 124 valence electrons. The van der Waals surface area contributed by atoms with Crippen LogP contribution in [0.15, 0.2) is 65.7 Å². The minimum absolute atomic E-state index is 0.0181. The number of nitrogens with zero attached hydrogens (tertiary/aromatic N) is 2. The highest BCUT2D eigenvalue weighted by Gasteiger charge is 2.46. The molecule has 1 aliphatic rings. The quantitative estimate of drug-likeness (QED) is 0.861. The molecule has 4 heteroatoms. The molecule has 0 fully saturated rings. The van der Waals surface area contributed by atoms with Crippen LogP contribution < -0.4 is 0 Å².